The van der Waals surface area contributed by atoms with E-state index in [-0.39, 0.29) is 5.97 Å². The maximum Gasteiger partial charge on any atom is 0.306 e. The van der Waals surface area contributed by atoms with Gasteiger partial charge in [-0.2, -0.15) is 0 Å². The molecule has 0 aromatic heterocycles. The van der Waals surface area contributed by atoms with Gasteiger partial charge in [0, 0.05) is 18.7 Å². The van der Waals surface area contributed by atoms with Gasteiger partial charge in [-0.05, 0) is 6.07 Å². The van der Waals surface area contributed by atoms with Crippen LogP contribution in [0.15, 0.2) is 18.2 Å². The first kappa shape index (κ1) is 14.3. The minimum Gasteiger partial charge on any atom is -0.493 e. The number of para-hydroxylation sites is 1. The van der Waals surface area contributed by atoms with Crippen molar-refractivity contribution in [1.82, 2.24) is 5.32 Å². The van der Waals surface area contributed by atoms with Crippen LogP contribution in [0.4, 0.5) is 0 Å². The zero-order valence-corrected chi connectivity index (χ0v) is 11.0. The van der Waals surface area contributed by atoms with Gasteiger partial charge in [-0.15, -0.1) is 0 Å². The molecule has 0 saturated carbocycles. The summed E-state index contributed by atoms with van der Waals surface area (Å²) in [5.41, 5.74) is 0.988. The predicted octanol–water partition coefficient (Wildman–Crippen LogP) is 1.36. The first-order valence-electron chi connectivity index (χ1n) is 5.70. The molecule has 0 radical (unpaired) electrons. The van der Waals surface area contributed by atoms with Crippen molar-refractivity contribution in [3.63, 3.8) is 0 Å². The van der Waals surface area contributed by atoms with Crippen LogP contribution in [0.25, 0.3) is 0 Å². The Balaban J connectivity index is 2.54. The van der Waals surface area contributed by atoms with E-state index in [1.165, 1.54) is 7.11 Å². The van der Waals surface area contributed by atoms with Gasteiger partial charge in [-0.1, -0.05) is 12.1 Å². The number of methoxy groups -OCH3 is 3. The summed E-state index contributed by atoms with van der Waals surface area (Å²) < 4.78 is 15.1. The number of rotatable bonds is 7. The van der Waals surface area contributed by atoms with Crippen LogP contribution >= 0.6 is 0 Å². The monoisotopic (exact) mass is 253 g/mol. The fourth-order valence-corrected chi connectivity index (χ4v) is 1.61. The van der Waals surface area contributed by atoms with Gasteiger partial charge in [0.1, 0.15) is 0 Å². The molecule has 0 aliphatic rings. The van der Waals surface area contributed by atoms with Gasteiger partial charge < -0.3 is 19.5 Å². The molecule has 18 heavy (non-hydrogen) atoms. The van der Waals surface area contributed by atoms with E-state index < -0.39 is 0 Å². The highest BCUT2D eigenvalue weighted by Gasteiger charge is 2.08. The molecule has 0 aliphatic heterocycles. The van der Waals surface area contributed by atoms with Gasteiger partial charge >= 0.3 is 5.97 Å². The highest BCUT2D eigenvalue weighted by atomic mass is 16.5. The average Bonchev–Trinajstić information content (AvgIpc) is 2.42. The van der Waals surface area contributed by atoms with Crippen molar-refractivity contribution in [2.45, 2.75) is 13.0 Å². The van der Waals surface area contributed by atoms with Crippen LogP contribution in [0.1, 0.15) is 12.0 Å². The van der Waals surface area contributed by atoms with Crippen LogP contribution < -0.4 is 14.8 Å². The van der Waals surface area contributed by atoms with Crippen molar-refractivity contribution in [1.29, 1.82) is 0 Å². The van der Waals surface area contributed by atoms with Gasteiger partial charge in [-0.25, -0.2) is 0 Å². The summed E-state index contributed by atoms with van der Waals surface area (Å²) >= 11 is 0. The van der Waals surface area contributed by atoms with E-state index >= 15 is 0 Å². The third kappa shape index (κ3) is 3.92. The fraction of sp³-hybridized carbons (Fsp3) is 0.462. The molecule has 100 valence electrons. The molecule has 0 bridgehead atoms. The second-order valence-corrected chi connectivity index (χ2v) is 3.66. The number of carbonyl (C=O) groups is 1. The number of hydrogen-bond acceptors (Lipinski definition) is 5. The fourth-order valence-electron chi connectivity index (χ4n) is 1.61. The molecule has 0 amide bonds. The normalized spacial score (nSPS) is 9.94. The van der Waals surface area contributed by atoms with Gasteiger partial charge in [0.25, 0.3) is 0 Å². The summed E-state index contributed by atoms with van der Waals surface area (Å²) in [4.78, 5) is 10.9. The molecule has 0 atom stereocenters. The third-order valence-electron chi connectivity index (χ3n) is 2.53. The summed E-state index contributed by atoms with van der Waals surface area (Å²) in [6, 6.07) is 5.70. The molecular formula is C13H19NO4. The number of esters is 1. The predicted molar refractivity (Wildman–Crippen MR) is 67.9 cm³/mol. The van der Waals surface area contributed by atoms with Gasteiger partial charge in [-0.3, -0.25) is 4.79 Å². The Bertz CT molecular complexity index is 393. The molecule has 0 fully saturated rings. The molecule has 5 heteroatoms. The van der Waals surface area contributed by atoms with Crippen molar-refractivity contribution in [3.8, 4) is 11.5 Å². The van der Waals surface area contributed by atoms with E-state index in [0.29, 0.717) is 31.0 Å². The number of nitrogens with one attached hydrogen (secondary N) is 1. The lowest BCUT2D eigenvalue weighted by Crippen LogP contribution is -2.18. The lowest BCUT2D eigenvalue weighted by Gasteiger charge is -2.12. The lowest BCUT2D eigenvalue weighted by molar-refractivity contribution is -0.140. The highest BCUT2D eigenvalue weighted by molar-refractivity contribution is 5.69. The van der Waals surface area contributed by atoms with E-state index in [2.05, 4.69) is 10.1 Å². The van der Waals surface area contributed by atoms with Crippen LogP contribution in [0.2, 0.25) is 0 Å². The van der Waals surface area contributed by atoms with E-state index in [1.54, 1.807) is 14.2 Å². The lowest BCUT2D eigenvalue weighted by atomic mass is 10.2. The second kappa shape index (κ2) is 7.55. The largest absolute Gasteiger partial charge is 0.493 e. The van der Waals surface area contributed by atoms with Crippen molar-refractivity contribution < 1.29 is 19.0 Å². The molecule has 0 aliphatic carbocycles. The summed E-state index contributed by atoms with van der Waals surface area (Å²) in [5.74, 6) is 1.19. The van der Waals surface area contributed by atoms with E-state index in [4.69, 9.17) is 9.47 Å². The summed E-state index contributed by atoms with van der Waals surface area (Å²) in [7, 11) is 4.59. The molecule has 0 heterocycles. The van der Waals surface area contributed by atoms with Crippen molar-refractivity contribution in [2.24, 2.45) is 0 Å². The maximum absolute atomic E-state index is 10.9. The Morgan fingerprint density at radius 1 is 1.22 bits per heavy atom. The highest BCUT2D eigenvalue weighted by Crippen LogP contribution is 2.30. The Labute approximate surface area is 107 Å². The Kier molecular flexibility index (Phi) is 6.00. The van der Waals surface area contributed by atoms with Gasteiger partial charge in [0.2, 0.25) is 0 Å². The van der Waals surface area contributed by atoms with Crippen LogP contribution in [0.5, 0.6) is 11.5 Å². The topological polar surface area (TPSA) is 56.8 Å². The molecule has 1 aromatic carbocycles. The van der Waals surface area contributed by atoms with Crippen LogP contribution in [-0.4, -0.2) is 33.8 Å². The first-order chi connectivity index (χ1) is 8.72. The zero-order valence-electron chi connectivity index (χ0n) is 11.0. The number of benzene rings is 1. The molecule has 5 nitrogen and oxygen atoms in total. The standard InChI is InChI=1S/C13H19NO4/c1-16-11-6-4-5-10(13(11)18-3)9-14-8-7-12(15)17-2/h4-6,14H,7-9H2,1-3H3. The summed E-state index contributed by atoms with van der Waals surface area (Å²) in [6.07, 6.45) is 0.350. The third-order valence-corrected chi connectivity index (χ3v) is 2.53. The number of carbonyl (C=O) groups excluding carboxylic acids is 1. The Morgan fingerprint density at radius 2 is 2.00 bits per heavy atom. The number of hydrogen-bond donors (Lipinski definition) is 1. The smallest absolute Gasteiger partial charge is 0.306 e. The molecule has 0 unspecified atom stereocenters. The van der Waals surface area contributed by atoms with Crippen LogP contribution in [0, 0.1) is 0 Å². The molecule has 1 rings (SSSR count). The van der Waals surface area contributed by atoms with E-state index in [9.17, 15) is 4.79 Å². The van der Waals surface area contributed by atoms with Crippen molar-refractivity contribution in [2.75, 3.05) is 27.9 Å². The zero-order chi connectivity index (χ0) is 13.4. The minimum atomic E-state index is -0.222. The van der Waals surface area contributed by atoms with Gasteiger partial charge in [0.15, 0.2) is 11.5 Å². The van der Waals surface area contributed by atoms with Crippen molar-refractivity contribution >= 4 is 5.97 Å². The average molecular weight is 253 g/mol. The van der Waals surface area contributed by atoms with Gasteiger partial charge in [0.05, 0.1) is 27.8 Å². The van der Waals surface area contributed by atoms with E-state index in [0.717, 1.165) is 5.56 Å². The molecule has 1 aromatic rings. The second-order valence-electron chi connectivity index (χ2n) is 3.66. The van der Waals surface area contributed by atoms with Crippen molar-refractivity contribution in [3.05, 3.63) is 23.8 Å². The summed E-state index contributed by atoms with van der Waals surface area (Å²) in [5, 5.41) is 3.16. The number of ether oxygens (including phenoxy) is 3. The quantitative estimate of drug-likeness (QED) is 0.587. The molecule has 0 spiro atoms. The van der Waals surface area contributed by atoms with Crippen LogP contribution in [0.3, 0.4) is 0 Å². The van der Waals surface area contributed by atoms with E-state index in [1.807, 2.05) is 18.2 Å². The maximum atomic E-state index is 10.9. The summed E-state index contributed by atoms with van der Waals surface area (Å²) in [6.45, 7) is 1.17. The minimum absolute atomic E-state index is 0.222. The SMILES string of the molecule is COC(=O)CCNCc1cccc(OC)c1OC. The first-order valence-corrected chi connectivity index (χ1v) is 5.70. The molecule has 0 saturated heterocycles. The molecular weight excluding hydrogens is 234 g/mol. The Hall–Kier alpha value is -1.75. The Morgan fingerprint density at radius 3 is 2.61 bits per heavy atom. The van der Waals surface area contributed by atoms with Crippen LogP contribution in [-0.2, 0) is 16.1 Å². The molecule has 1 N–H and O–H groups in total.